The van der Waals surface area contributed by atoms with Crippen molar-refractivity contribution in [3.05, 3.63) is 23.7 Å². The van der Waals surface area contributed by atoms with E-state index in [0.717, 1.165) is 12.2 Å². The Bertz CT molecular complexity index is 339. The third-order valence-corrected chi connectivity index (χ3v) is 2.37. The number of carbonyl (C=O) groups excluding carboxylic acids is 1. The average molecular weight is 195 g/mol. The van der Waals surface area contributed by atoms with Gasteiger partial charge in [0.25, 0.3) is 5.91 Å². The van der Waals surface area contributed by atoms with Gasteiger partial charge in [-0.3, -0.25) is 4.79 Å². The fraction of sp³-hybridized carbons (Fsp3) is 0.500. The summed E-state index contributed by atoms with van der Waals surface area (Å²) in [5.41, 5.74) is 0. The van der Waals surface area contributed by atoms with Gasteiger partial charge in [-0.15, -0.1) is 0 Å². The Hall–Kier alpha value is -1.29. The van der Waals surface area contributed by atoms with Crippen molar-refractivity contribution in [2.45, 2.75) is 19.4 Å². The molecular formula is C10H13NO3. The molecule has 2 heterocycles. The van der Waals surface area contributed by atoms with E-state index in [1.54, 1.807) is 11.0 Å². The molecule has 4 heteroatoms. The van der Waals surface area contributed by atoms with Gasteiger partial charge in [-0.2, -0.15) is 0 Å². The number of aryl methyl sites for hydroxylation is 1. The van der Waals surface area contributed by atoms with Gasteiger partial charge < -0.3 is 14.4 Å². The number of aliphatic hydroxyl groups excluding tert-OH is 1. The van der Waals surface area contributed by atoms with E-state index in [9.17, 15) is 4.79 Å². The number of β-amino-alcohol motifs (C(OH)–C–C–N with tert-alkyl or cyclic N) is 1. The van der Waals surface area contributed by atoms with Gasteiger partial charge >= 0.3 is 0 Å². The van der Waals surface area contributed by atoms with E-state index < -0.39 is 0 Å². The van der Waals surface area contributed by atoms with Crippen molar-refractivity contribution >= 4 is 5.91 Å². The Morgan fingerprint density at radius 1 is 1.64 bits per heavy atom. The Morgan fingerprint density at radius 3 is 2.86 bits per heavy atom. The number of aliphatic hydroxyl groups is 1. The molecule has 1 amide bonds. The van der Waals surface area contributed by atoms with Crippen LogP contribution in [0.3, 0.4) is 0 Å². The summed E-state index contributed by atoms with van der Waals surface area (Å²) in [7, 11) is 0. The number of furan rings is 1. The molecule has 1 aliphatic heterocycles. The van der Waals surface area contributed by atoms with Gasteiger partial charge in [0.05, 0.1) is 6.10 Å². The molecule has 0 bridgehead atoms. The molecule has 1 fully saturated rings. The number of likely N-dealkylation sites (tertiary alicyclic amines) is 1. The first-order valence-electron chi connectivity index (χ1n) is 4.76. The smallest absolute Gasteiger partial charge is 0.289 e. The van der Waals surface area contributed by atoms with Gasteiger partial charge in [-0.05, 0) is 12.1 Å². The molecule has 1 aliphatic rings. The number of nitrogens with zero attached hydrogens (tertiary/aromatic N) is 1. The predicted octanol–water partition coefficient (Wildman–Crippen LogP) is 0.659. The third kappa shape index (κ3) is 1.53. The van der Waals surface area contributed by atoms with Crippen LogP contribution >= 0.6 is 0 Å². The Morgan fingerprint density at radius 2 is 2.36 bits per heavy atom. The summed E-state index contributed by atoms with van der Waals surface area (Å²) in [6.45, 7) is 2.81. The molecule has 1 aromatic rings. The van der Waals surface area contributed by atoms with Crippen molar-refractivity contribution in [3.63, 3.8) is 0 Å². The number of hydrogen-bond donors (Lipinski definition) is 1. The van der Waals surface area contributed by atoms with Crippen LogP contribution in [0.4, 0.5) is 0 Å². The molecule has 14 heavy (non-hydrogen) atoms. The molecule has 1 saturated heterocycles. The molecule has 76 valence electrons. The summed E-state index contributed by atoms with van der Waals surface area (Å²) in [6, 6.07) is 3.50. The Labute approximate surface area is 82.1 Å². The summed E-state index contributed by atoms with van der Waals surface area (Å²) in [5, 5.41) is 9.04. The van der Waals surface area contributed by atoms with Gasteiger partial charge in [0.1, 0.15) is 5.76 Å². The lowest BCUT2D eigenvalue weighted by molar-refractivity contribution is 0.00384. The van der Waals surface area contributed by atoms with Crippen LogP contribution in [0.1, 0.15) is 23.2 Å². The van der Waals surface area contributed by atoms with Crippen molar-refractivity contribution < 1.29 is 14.3 Å². The van der Waals surface area contributed by atoms with E-state index in [2.05, 4.69) is 0 Å². The fourth-order valence-corrected chi connectivity index (χ4v) is 1.46. The minimum absolute atomic E-state index is 0.130. The van der Waals surface area contributed by atoms with Gasteiger partial charge in [0.15, 0.2) is 5.76 Å². The van der Waals surface area contributed by atoms with Crippen LogP contribution in [0.25, 0.3) is 0 Å². The first kappa shape index (κ1) is 9.27. The van der Waals surface area contributed by atoms with Crippen molar-refractivity contribution in [2.24, 2.45) is 0 Å². The van der Waals surface area contributed by atoms with E-state index in [1.807, 2.05) is 13.0 Å². The molecule has 0 radical (unpaired) electrons. The van der Waals surface area contributed by atoms with E-state index in [-0.39, 0.29) is 12.0 Å². The second-order valence-electron chi connectivity index (χ2n) is 3.48. The molecule has 0 aromatic carbocycles. The molecule has 2 rings (SSSR count). The van der Waals surface area contributed by atoms with Gasteiger partial charge in [0, 0.05) is 19.5 Å². The molecule has 0 atom stereocenters. The first-order chi connectivity index (χ1) is 6.70. The molecule has 0 saturated carbocycles. The standard InChI is InChI=1S/C10H13NO3/c1-2-8-3-4-9(14-8)10(13)11-5-7(12)6-11/h3-4,7,12H,2,5-6H2,1H3. The van der Waals surface area contributed by atoms with E-state index >= 15 is 0 Å². The highest BCUT2D eigenvalue weighted by Crippen LogP contribution is 2.15. The van der Waals surface area contributed by atoms with Crippen LogP contribution < -0.4 is 0 Å². The highest BCUT2D eigenvalue weighted by Gasteiger charge is 2.30. The average Bonchev–Trinajstić information content (AvgIpc) is 2.60. The van der Waals surface area contributed by atoms with Crippen LogP contribution in [0, 0.1) is 0 Å². The molecule has 0 spiro atoms. The first-order valence-corrected chi connectivity index (χ1v) is 4.76. The number of amides is 1. The molecule has 4 nitrogen and oxygen atoms in total. The molecule has 1 N–H and O–H groups in total. The molecule has 1 aromatic heterocycles. The van der Waals surface area contributed by atoms with Crippen LogP contribution in [0.2, 0.25) is 0 Å². The lowest BCUT2D eigenvalue weighted by Crippen LogP contribution is -2.53. The monoisotopic (exact) mass is 195 g/mol. The Kier molecular flexibility index (Phi) is 2.29. The largest absolute Gasteiger partial charge is 0.456 e. The second-order valence-corrected chi connectivity index (χ2v) is 3.48. The van der Waals surface area contributed by atoms with Crippen LogP contribution in [0.5, 0.6) is 0 Å². The summed E-state index contributed by atoms with van der Waals surface area (Å²) in [6.07, 6.45) is 0.426. The van der Waals surface area contributed by atoms with Crippen molar-refractivity contribution in [1.82, 2.24) is 4.90 Å². The fourth-order valence-electron chi connectivity index (χ4n) is 1.46. The number of carbonyl (C=O) groups is 1. The summed E-state index contributed by atoms with van der Waals surface area (Å²) in [5.74, 6) is 1.05. The van der Waals surface area contributed by atoms with Gasteiger partial charge in [-0.1, -0.05) is 6.92 Å². The van der Waals surface area contributed by atoms with Crippen LogP contribution in [0.15, 0.2) is 16.5 Å². The highest BCUT2D eigenvalue weighted by molar-refractivity contribution is 5.92. The summed E-state index contributed by atoms with van der Waals surface area (Å²) in [4.78, 5) is 13.2. The number of hydrogen-bond acceptors (Lipinski definition) is 3. The second kappa shape index (κ2) is 3.46. The molecule has 0 unspecified atom stereocenters. The zero-order valence-corrected chi connectivity index (χ0v) is 8.06. The van der Waals surface area contributed by atoms with E-state index in [0.29, 0.717) is 18.8 Å². The topological polar surface area (TPSA) is 53.7 Å². The van der Waals surface area contributed by atoms with Crippen molar-refractivity contribution in [2.75, 3.05) is 13.1 Å². The number of rotatable bonds is 2. The lowest BCUT2D eigenvalue weighted by atomic mass is 10.1. The predicted molar refractivity (Wildman–Crippen MR) is 50.0 cm³/mol. The quantitative estimate of drug-likeness (QED) is 0.754. The summed E-state index contributed by atoms with van der Waals surface area (Å²) >= 11 is 0. The minimum Gasteiger partial charge on any atom is -0.456 e. The molecular weight excluding hydrogens is 182 g/mol. The minimum atomic E-state index is -0.362. The summed E-state index contributed by atoms with van der Waals surface area (Å²) < 4.78 is 5.31. The van der Waals surface area contributed by atoms with Gasteiger partial charge in [0.2, 0.25) is 0 Å². The van der Waals surface area contributed by atoms with Crippen LogP contribution in [-0.4, -0.2) is 35.1 Å². The Balaban J connectivity index is 2.04. The SMILES string of the molecule is CCc1ccc(C(=O)N2CC(O)C2)o1. The maximum atomic E-state index is 11.6. The maximum Gasteiger partial charge on any atom is 0.289 e. The molecule has 0 aliphatic carbocycles. The lowest BCUT2D eigenvalue weighted by Gasteiger charge is -2.35. The van der Waals surface area contributed by atoms with Crippen molar-refractivity contribution in [3.8, 4) is 0 Å². The normalized spacial score (nSPS) is 16.9. The van der Waals surface area contributed by atoms with E-state index in [1.165, 1.54) is 0 Å². The maximum absolute atomic E-state index is 11.6. The highest BCUT2D eigenvalue weighted by atomic mass is 16.4. The zero-order chi connectivity index (χ0) is 10.1. The van der Waals surface area contributed by atoms with Gasteiger partial charge in [-0.25, -0.2) is 0 Å². The zero-order valence-electron chi connectivity index (χ0n) is 8.06. The van der Waals surface area contributed by atoms with Crippen LogP contribution in [-0.2, 0) is 6.42 Å². The third-order valence-electron chi connectivity index (χ3n) is 2.37. The van der Waals surface area contributed by atoms with E-state index in [4.69, 9.17) is 9.52 Å². The van der Waals surface area contributed by atoms with Crippen molar-refractivity contribution in [1.29, 1.82) is 0 Å².